The van der Waals surface area contributed by atoms with Gasteiger partial charge in [0.1, 0.15) is 0 Å². The molecular weight excluding hydrogens is 448 g/mol. The van der Waals surface area contributed by atoms with E-state index < -0.39 is 0 Å². The van der Waals surface area contributed by atoms with E-state index in [1.807, 2.05) is 35.2 Å². The zero-order valence-electron chi connectivity index (χ0n) is 19.9. The highest BCUT2D eigenvalue weighted by Gasteiger charge is 2.41. The van der Waals surface area contributed by atoms with Gasteiger partial charge in [-0.25, -0.2) is 4.99 Å². The van der Waals surface area contributed by atoms with Gasteiger partial charge in [0.2, 0.25) is 0 Å². The van der Waals surface area contributed by atoms with E-state index in [0.29, 0.717) is 5.92 Å². The summed E-state index contributed by atoms with van der Waals surface area (Å²) in [6.45, 7) is 2.28. The molecule has 6 rings (SSSR count). The highest BCUT2D eigenvalue weighted by molar-refractivity contribution is 8.18. The Hall–Kier alpha value is -3.37. The maximum atomic E-state index is 14.0. The van der Waals surface area contributed by atoms with Gasteiger partial charge in [-0.1, -0.05) is 86.5 Å². The van der Waals surface area contributed by atoms with Crippen molar-refractivity contribution in [3.05, 3.63) is 95.4 Å². The quantitative estimate of drug-likeness (QED) is 0.221. The molecule has 1 amide bonds. The summed E-state index contributed by atoms with van der Waals surface area (Å²) in [5, 5.41) is 5.50. The van der Waals surface area contributed by atoms with Crippen LogP contribution in [0.4, 0.5) is 5.69 Å². The Kier molecular flexibility index (Phi) is 5.91. The molecule has 2 aliphatic rings. The van der Waals surface area contributed by atoms with Crippen LogP contribution in [-0.2, 0) is 4.79 Å². The van der Waals surface area contributed by atoms with Gasteiger partial charge in [0.05, 0.1) is 10.6 Å². The van der Waals surface area contributed by atoms with Crippen molar-refractivity contribution < 1.29 is 4.79 Å². The Balaban J connectivity index is 1.51. The molecule has 4 aromatic carbocycles. The summed E-state index contributed by atoms with van der Waals surface area (Å²) in [5.41, 5.74) is 1.99. The van der Waals surface area contributed by atoms with E-state index in [-0.39, 0.29) is 11.9 Å². The maximum absolute atomic E-state index is 14.0. The van der Waals surface area contributed by atoms with Crippen molar-refractivity contribution in [2.24, 2.45) is 10.9 Å². The topological polar surface area (TPSA) is 32.7 Å². The molecule has 174 valence electrons. The smallest absolute Gasteiger partial charge is 0.267 e. The standard InChI is InChI=1S/C31H28N2OS/c1-21-11-5-10-18-28(21)33-30(34)29(35-31(33)32-24-14-3-2-4-15-24)20-27-25-16-8-6-12-22(25)19-23-13-7-9-17-26(23)27/h2-4,6-9,12-17,19-21,28H,5,10-11,18H2,1H3/b29-20-,32-31?/t21-,28+/m0/s1. The fourth-order valence-corrected chi connectivity index (χ4v) is 6.51. The SMILES string of the molecule is C[C@H]1CCCC[C@H]1N1C(=O)/C(=C/c2c3ccccc3cc3ccccc23)SC1=Nc1ccccc1. The van der Waals surface area contributed by atoms with Crippen LogP contribution in [0.25, 0.3) is 27.6 Å². The summed E-state index contributed by atoms with van der Waals surface area (Å²) >= 11 is 1.52. The lowest BCUT2D eigenvalue weighted by molar-refractivity contribution is -0.124. The minimum Gasteiger partial charge on any atom is -0.283 e. The van der Waals surface area contributed by atoms with Crippen LogP contribution < -0.4 is 0 Å². The van der Waals surface area contributed by atoms with Gasteiger partial charge in [-0.05, 0) is 81.9 Å². The van der Waals surface area contributed by atoms with Crippen LogP contribution in [0.3, 0.4) is 0 Å². The van der Waals surface area contributed by atoms with Gasteiger partial charge in [0.15, 0.2) is 5.17 Å². The lowest BCUT2D eigenvalue weighted by Gasteiger charge is -2.35. The number of carbonyl (C=O) groups is 1. The van der Waals surface area contributed by atoms with Crippen LogP contribution in [0.5, 0.6) is 0 Å². The summed E-state index contributed by atoms with van der Waals surface area (Å²) in [6.07, 6.45) is 6.69. The second-order valence-corrected chi connectivity index (χ2v) is 10.6. The van der Waals surface area contributed by atoms with Crippen LogP contribution in [0.1, 0.15) is 38.2 Å². The second kappa shape index (κ2) is 9.35. The highest BCUT2D eigenvalue weighted by Crippen LogP contribution is 2.41. The molecule has 35 heavy (non-hydrogen) atoms. The van der Waals surface area contributed by atoms with E-state index in [1.165, 1.54) is 29.0 Å². The number of benzene rings is 4. The van der Waals surface area contributed by atoms with Gasteiger partial charge >= 0.3 is 0 Å². The molecule has 0 aromatic heterocycles. The van der Waals surface area contributed by atoms with Gasteiger partial charge in [0.25, 0.3) is 5.91 Å². The van der Waals surface area contributed by atoms with Crippen molar-refractivity contribution in [2.45, 2.75) is 38.6 Å². The third kappa shape index (κ3) is 4.17. The zero-order chi connectivity index (χ0) is 23.8. The van der Waals surface area contributed by atoms with Crippen LogP contribution in [0, 0.1) is 5.92 Å². The van der Waals surface area contributed by atoms with Crippen molar-refractivity contribution >= 4 is 56.1 Å². The molecule has 1 heterocycles. The fourth-order valence-electron chi connectivity index (χ4n) is 5.49. The molecule has 2 fully saturated rings. The predicted molar refractivity (Wildman–Crippen MR) is 149 cm³/mol. The molecule has 0 bridgehead atoms. The van der Waals surface area contributed by atoms with Gasteiger partial charge in [-0.2, -0.15) is 0 Å². The lowest BCUT2D eigenvalue weighted by Crippen LogP contribution is -2.44. The van der Waals surface area contributed by atoms with Crippen molar-refractivity contribution in [3.8, 4) is 0 Å². The maximum Gasteiger partial charge on any atom is 0.267 e. The fraction of sp³-hybridized carbons (Fsp3) is 0.226. The molecule has 0 N–H and O–H groups in total. The lowest BCUT2D eigenvalue weighted by atomic mass is 9.85. The van der Waals surface area contributed by atoms with Crippen molar-refractivity contribution in [1.82, 2.24) is 4.90 Å². The number of aliphatic imine (C=N–C) groups is 1. The number of hydrogen-bond donors (Lipinski definition) is 0. The molecule has 4 aromatic rings. The minimum absolute atomic E-state index is 0.0837. The van der Waals surface area contributed by atoms with E-state index in [1.54, 1.807) is 0 Å². The number of fused-ring (bicyclic) bond motifs is 2. The first-order chi connectivity index (χ1) is 17.2. The summed E-state index contributed by atoms with van der Waals surface area (Å²) in [7, 11) is 0. The van der Waals surface area contributed by atoms with Crippen molar-refractivity contribution in [3.63, 3.8) is 0 Å². The highest BCUT2D eigenvalue weighted by atomic mass is 32.2. The molecule has 0 spiro atoms. The molecule has 3 nitrogen and oxygen atoms in total. The summed E-state index contributed by atoms with van der Waals surface area (Å²) < 4.78 is 0. The average Bonchev–Trinajstić information content (AvgIpc) is 3.19. The van der Waals surface area contributed by atoms with Gasteiger partial charge in [-0.15, -0.1) is 0 Å². The van der Waals surface area contributed by atoms with Crippen molar-refractivity contribution in [1.29, 1.82) is 0 Å². The minimum atomic E-state index is 0.0837. The molecule has 1 aliphatic heterocycles. The molecule has 4 heteroatoms. The van der Waals surface area contributed by atoms with E-state index in [2.05, 4.69) is 67.6 Å². The molecule has 2 atom stereocenters. The third-order valence-electron chi connectivity index (χ3n) is 7.30. The first-order valence-electron chi connectivity index (χ1n) is 12.5. The number of nitrogens with zero attached hydrogens (tertiary/aromatic N) is 2. The Morgan fingerprint density at radius 1 is 0.857 bits per heavy atom. The first-order valence-corrected chi connectivity index (χ1v) is 13.3. The van der Waals surface area contributed by atoms with Crippen LogP contribution in [0.2, 0.25) is 0 Å². The summed E-state index contributed by atoms with van der Waals surface area (Å²) in [5.74, 6) is 0.549. The molecule has 1 saturated carbocycles. The van der Waals surface area contributed by atoms with Gasteiger partial charge in [0, 0.05) is 6.04 Å². The number of amides is 1. The molecule has 0 unspecified atom stereocenters. The Morgan fingerprint density at radius 3 is 2.17 bits per heavy atom. The van der Waals surface area contributed by atoms with E-state index >= 15 is 0 Å². The number of para-hydroxylation sites is 1. The Morgan fingerprint density at radius 2 is 1.49 bits per heavy atom. The largest absolute Gasteiger partial charge is 0.283 e. The number of amidine groups is 1. The van der Waals surface area contributed by atoms with Crippen molar-refractivity contribution in [2.75, 3.05) is 0 Å². The second-order valence-electron chi connectivity index (χ2n) is 9.58. The van der Waals surface area contributed by atoms with E-state index in [4.69, 9.17) is 4.99 Å². The number of rotatable bonds is 3. The van der Waals surface area contributed by atoms with E-state index in [9.17, 15) is 4.79 Å². The van der Waals surface area contributed by atoms with E-state index in [0.717, 1.165) is 51.4 Å². The predicted octanol–water partition coefficient (Wildman–Crippen LogP) is 8.18. The monoisotopic (exact) mass is 476 g/mol. The zero-order valence-corrected chi connectivity index (χ0v) is 20.7. The number of hydrogen-bond acceptors (Lipinski definition) is 3. The number of carbonyl (C=O) groups excluding carboxylic acids is 1. The van der Waals surface area contributed by atoms with Crippen LogP contribution >= 0.6 is 11.8 Å². The van der Waals surface area contributed by atoms with Gasteiger partial charge in [-0.3, -0.25) is 9.69 Å². The Bertz CT molecular complexity index is 1420. The molecular formula is C31H28N2OS. The molecule has 1 aliphatic carbocycles. The molecule has 1 saturated heterocycles. The Labute approximate surface area is 210 Å². The average molecular weight is 477 g/mol. The van der Waals surface area contributed by atoms with Gasteiger partial charge < -0.3 is 0 Å². The summed E-state index contributed by atoms with van der Waals surface area (Å²) in [6, 6.07) is 29.3. The van der Waals surface area contributed by atoms with Crippen LogP contribution in [0.15, 0.2) is 94.8 Å². The first kappa shape index (κ1) is 22.1. The number of thioether (sulfide) groups is 1. The molecule has 0 radical (unpaired) electrons. The third-order valence-corrected chi connectivity index (χ3v) is 8.29. The normalized spacial score (nSPS) is 23.1. The summed E-state index contributed by atoms with van der Waals surface area (Å²) in [4.78, 5) is 21.7. The van der Waals surface area contributed by atoms with Crippen LogP contribution in [-0.4, -0.2) is 22.0 Å².